The average molecular weight is 475 g/mol. The molecule has 0 saturated carbocycles. The summed E-state index contributed by atoms with van der Waals surface area (Å²) in [6.07, 6.45) is 11.8. The Morgan fingerprint density at radius 3 is 1.65 bits per heavy atom. The molecule has 0 fully saturated rings. The van der Waals surface area contributed by atoms with Crippen LogP contribution in [-0.2, 0) is 15.9 Å². The highest BCUT2D eigenvalue weighted by Crippen LogP contribution is 3.02. The molecular weight excluding hydrogens is 435 g/mol. The minimum absolute atomic E-state index is 0.276. The van der Waals surface area contributed by atoms with Gasteiger partial charge in [0, 0.05) is 19.8 Å². The van der Waals surface area contributed by atoms with Crippen molar-refractivity contribution in [1.29, 1.82) is 0 Å². The Kier molecular flexibility index (Phi) is 11.3. The first-order valence-electron chi connectivity index (χ1n) is 11.4. The molecule has 0 amide bonds. The van der Waals surface area contributed by atoms with E-state index in [1.807, 2.05) is 13.8 Å². The standard InChI is InChI=1S/C23H39F5O2S/c1-21(2)30-20-12-19-29-18-11-9-7-5-3-4-6-8-10-13-22-14-16-23(17-15-22)31(24,25,26,27)28/h14-17,21H,3-13,18-20H2,1-2H3. The Bertz CT molecular complexity index is 603. The van der Waals surface area contributed by atoms with Gasteiger partial charge < -0.3 is 9.47 Å². The quantitative estimate of drug-likeness (QED) is 0.156. The minimum Gasteiger partial charge on any atom is -0.381 e. The highest BCUT2D eigenvalue weighted by molar-refractivity contribution is 8.45. The molecular formula is C23H39F5O2S. The molecule has 0 N–H and O–H groups in total. The first-order valence-corrected chi connectivity index (χ1v) is 13.4. The molecule has 31 heavy (non-hydrogen) atoms. The minimum atomic E-state index is -9.55. The van der Waals surface area contributed by atoms with Crippen molar-refractivity contribution in [3.8, 4) is 0 Å². The lowest BCUT2D eigenvalue weighted by Gasteiger charge is -2.40. The van der Waals surface area contributed by atoms with Gasteiger partial charge in [0.2, 0.25) is 0 Å². The molecule has 0 aliphatic carbocycles. The van der Waals surface area contributed by atoms with Crippen LogP contribution in [0, 0.1) is 0 Å². The summed E-state index contributed by atoms with van der Waals surface area (Å²) in [5.74, 6) is 0. The maximum atomic E-state index is 12.7. The molecule has 0 heterocycles. The van der Waals surface area contributed by atoms with Crippen molar-refractivity contribution in [3.05, 3.63) is 29.8 Å². The lowest BCUT2D eigenvalue weighted by molar-refractivity contribution is 0.0507. The summed E-state index contributed by atoms with van der Waals surface area (Å²) < 4.78 is 74.5. The highest BCUT2D eigenvalue weighted by Gasteiger charge is 2.65. The van der Waals surface area contributed by atoms with Crippen molar-refractivity contribution in [1.82, 2.24) is 0 Å². The third-order valence-corrected chi connectivity index (χ3v) is 6.17. The lowest BCUT2D eigenvalue weighted by Crippen LogP contribution is -2.07. The van der Waals surface area contributed by atoms with E-state index in [2.05, 4.69) is 0 Å². The molecule has 0 aliphatic rings. The molecule has 1 aromatic rings. The number of benzene rings is 1. The third-order valence-electron chi connectivity index (χ3n) is 5.01. The van der Waals surface area contributed by atoms with Crippen LogP contribution in [0.5, 0.6) is 0 Å². The van der Waals surface area contributed by atoms with Gasteiger partial charge in [-0.25, -0.2) is 0 Å². The summed E-state index contributed by atoms with van der Waals surface area (Å²) in [4.78, 5) is -1.81. The van der Waals surface area contributed by atoms with Crippen LogP contribution in [0.15, 0.2) is 29.2 Å². The number of aryl methyl sites for hydroxylation is 1. The predicted octanol–water partition coefficient (Wildman–Crippen LogP) is 9.23. The van der Waals surface area contributed by atoms with Gasteiger partial charge in [0.15, 0.2) is 0 Å². The Balaban J connectivity index is 1.93. The van der Waals surface area contributed by atoms with E-state index in [-0.39, 0.29) is 6.10 Å². The van der Waals surface area contributed by atoms with Gasteiger partial charge in [-0.15, -0.1) is 0 Å². The Hall–Kier alpha value is -0.860. The van der Waals surface area contributed by atoms with Crippen molar-refractivity contribution in [2.24, 2.45) is 0 Å². The van der Waals surface area contributed by atoms with Crippen LogP contribution >= 0.6 is 10.2 Å². The molecule has 0 radical (unpaired) electrons. The molecule has 0 aliphatic heterocycles. The fourth-order valence-corrected chi connectivity index (χ4v) is 3.92. The summed E-state index contributed by atoms with van der Waals surface area (Å²) in [7, 11) is -9.55. The Morgan fingerprint density at radius 1 is 0.645 bits per heavy atom. The zero-order chi connectivity index (χ0) is 23.3. The molecule has 1 rings (SSSR count). The van der Waals surface area contributed by atoms with Gasteiger partial charge in [-0.05, 0) is 57.2 Å². The summed E-state index contributed by atoms with van der Waals surface area (Å²) in [6, 6.07) is 3.33. The summed E-state index contributed by atoms with van der Waals surface area (Å²) in [6.45, 7) is 6.37. The molecule has 1 aromatic carbocycles. The van der Waals surface area contributed by atoms with Gasteiger partial charge in [-0.3, -0.25) is 0 Å². The molecule has 0 unspecified atom stereocenters. The van der Waals surface area contributed by atoms with Crippen molar-refractivity contribution >= 4 is 10.2 Å². The van der Waals surface area contributed by atoms with Crippen molar-refractivity contribution in [2.45, 2.75) is 95.5 Å². The summed E-state index contributed by atoms with van der Waals surface area (Å²) >= 11 is 0. The monoisotopic (exact) mass is 474 g/mol. The number of rotatable bonds is 18. The van der Waals surface area contributed by atoms with Gasteiger partial charge in [0.25, 0.3) is 0 Å². The largest absolute Gasteiger partial charge is 0.381 e. The van der Waals surface area contributed by atoms with Crippen molar-refractivity contribution < 1.29 is 28.9 Å². The smallest absolute Gasteiger partial charge is 0.310 e. The third kappa shape index (κ3) is 14.8. The second-order valence-electron chi connectivity index (χ2n) is 8.43. The van der Waals surface area contributed by atoms with Gasteiger partial charge in [0.05, 0.1) is 6.10 Å². The fourth-order valence-electron chi connectivity index (χ4n) is 3.27. The van der Waals surface area contributed by atoms with Crippen LogP contribution in [0.2, 0.25) is 0 Å². The molecule has 0 aromatic heterocycles. The second-order valence-corrected chi connectivity index (χ2v) is 10.8. The van der Waals surface area contributed by atoms with Crippen molar-refractivity contribution in [3.63, 3.8) is 0 Å². The number of hydrogen-bond acceptors (Lipinski definition) is 2. The van der Waals surface area contributed by atoms with E-state index in [0.717, 1.165) is 70.5 Å². The first kappa shape index (κ1) is 28.2. The maximum absolute atomic E-state index is 12.7. The normalized spacial score (nSPS) is 14.6. The number of halogens is 5. The number of unbranched alkanes of at least 4 members (excludes halogenated alkanes) is 8. The molecule has 184 valence electrons. The zero-order valence-electron chi connectivity index (χ0n) is 18.9. The summed E-state index contributed by atoms with van der Waals surface area (Å²) in [5.41, 5.74) is 0.667. The van der Waals surface area contributed by atoms with Crippen LogP contribution in [0.3, 0.4) is 0 Å². The van der Waals surface area contributed by atoms with E-state index in [1.165, 1.54) is 25.7 Å². The molecule has 0 spiro atoms. The Labute approximate surface area is 184 Å². The number of ether oxygens (including phenoxy) is 2. The molecule has 0 atom stereocenters. The topological polar surface area (TPSA) is 18.5 Å². The number of hydrogen-bond donors (Lipinski definition) is 0. The molecule has 8 heteroatoms. The van der Waals surface area contributed by atoms with Crippen LogP contribution in [0.4, 0.5) is 19.4 Å². The second kappa shape index (κ2) is 12.4. The van der Waals surface area contributed by atoms with Gasteiger partial charge in [-0.2, -0.15) is 0 Å². The van der Waals surface area contributed by atoms with E-state index in [0.29, 0.717) is 24.1 Å². The van der Waals surface area contributed by atoms with Crippen molar-refractivity contribution in [2.75, 3.05) is 19.8 Å². The van der Waals surface area contributed by atoms with E-state index in [4.69, 9.17) is 9.47 Å². The van der Waals surface area contributed by atoms with Crippen LogP contribution in [0.25, 0.3) is 0 Å². The van der Waals surface area contributed by atoms with Crippen LogP contribution in [0.1, 0.15) is 83.6 Å². The summed E-state index contributed by atoms with van der Waals surface area (Å²) in [5, 5.41) is 0. The van der Waals surface area contributed by atoms with E-state index in [9.17, 15) is 19.4 Å². The predicted molar refractivity (Wildman–Crippen MR) is 120 cm³/mol. The molecule has 0 saturated heterocycles. The lowest BCUT2D eigenvalue weighted by atomic mass is 10.0. The van der Waals surface area contributed by atoms with Gasteiger partial charge >= 0.3 is 10.2 Å². The van der Waals surface area contributed by atoms with Crippen LogP contribution in [-0.4, -0.2) is 25.9 Å². The Morgan fingerprint density at radius 2 is 1.13 bits per heavy atom. The average Bonchev–Trinajstić information content (AvgIpc) is 2.66. The fraction of sp³-hybridized carbons (Fsp3) is 0.739. The van der Waals surface area contributed by atoms with Gasteiger partial charge in [0.1, 0.15) is 4.90 Å². The van der Waals surface area contributed by atoms with Crippen LogP contribution < -0.4 is 0 Å². The SMILES string of the molecule is CC(C)OCCCOCCCCCCCCCCCc1ccc(S(F)(F)(F)(F)F)cc1. The first-order chi connectivity index (χ1) is 14.4. The van der Waals surface area contributed by atoms with Gasteiger partial charge in [-0.1, -0.05) is 76.5 Å². The zero-order valence-corrected chi connectivity index (χ0v) is 19.7. The van der Waals surface area contributed by atoms with E-state index in [1.54, 1.807) is 0 Å². The van der Waals surface area contributed by atoms with E-state index < -0.39 is 15.1 Å². The highest BCUT2D eigenvalue weighted by atomic mass is 32.5. The maximum Gasteiger partial charge on any atom is 0.310 e. The van der Waals surface area contributed by atoms with E-state index >= 15 is 0 Å². The molecule has 0 bridgehead atoms. The molecule has 2 nitrogen and oxygen atoms in total.